The molecule has 0 unspecified atom stereocenters. The second kappa shape index (κ2) is 5.42. The number of thiophene rings is 1. The Balaban J connectivity index is 1.69. The van der Waals surface area contributed by atoms with E-state index in [0.717, 1.165) is 26.2 Å². The van der Waals surface area contributed by atoms with Crippen molar-refractivity contribution in [1.82, 2.24) is 14.5 Å². The first-order chi connectivity index (χ1) is 9.09. The summed E-state index contributed by atoms with van der Waals surface area (Å²) in [5.74, 6) is 0. The lowest BCUT2D eigenvalue weighted by Crippen LogP contribution is -2.61. The van der Waals surface area contributed by atoms with Crippen LogP contribution in [0.2, 0.25) is 0 Å². The van der Waals surface area contributed by atoms with E-state index in [2.05, 4.69) is 26.1 Å². The molecule has 8 heteroatoms. The lowest BCUT2D eigenvalue weighted by atomic mass is 10.1. The van der Waals surface area contributed by atoms with Crippen LogP contribution in [0.4, 0.5) is 0 Å². The second-order valence-electron chi connectivity index (χ2n) is 4.81. The molecule has 5 nitrogen and oxygen atoms in total. The van der Waals surface area contributed by atoms with Crippen LogP contribution in [0.5, 0.6) is 0 Å². The first-order valence-electron chi connectivity index (χ1n) is 6.27. The summed E-state index contributed by atoms with van der Waals surface area (Å²) in [6, 6.07) is 2.38. The number of sulfonamides is 1. The lowest BCUT2D eigenvalue weighted by molar-refractivity contribution is 0.103. The SMILES string of the molecule is O=S(=O)(c1sccc1Br)N1CCN(C2CNC2)CC1. The fourth-order valence-corrected chi connectivity index (χ4v) is 6.29. The molecular formula is C11H16BrN3O2S2. The Hall–Kier alpha value is 0.01000. The van der Waals surface area contributed by atoms with Crippen LogP contribution in [-0.4, -0.2) is 62.9 Å². The van der Waals surface area contributed by atoms with Gasteiger partial charge in [0.05, 0.1) is 0 Å². The molecule has 0 aromatic carbocycles. The summed E-state index contributed by atoms with van der Waals surface area (Å²) < 4.78 is 27.7. The van der Waals surface area contributed by atoms with E-state index in [9.17, 15) is 8.42 Å². The molecule has 1 N–H and O–H groups in total. The van der Waals surface area contributed by atoms with Gasteiger partial charge in [-0.05, 0) is 27.4 Å². The van der Waals surface area contributed by atoms with E-state index in [4.69, 9.17) is 0 Å². The molecule has 1 aromatic heterocycles. The molecular weight excluding hydrogens is 350 g/mol. The van der Waals surface area contributed by atoms with Gasteiger partial charge in [0, 0.05) is 49.8 Å². The number of hydrogen-bond donors (Lipinski definition) is 1. The first kappa shape index (κ1) is 14.0. The lowest BCUT2D eigenvalue weighted by Gasteiger charge is -2.42. The topological polar surface area (TPSA) is 52.7 Å². The van der Waals surface area contributed by atoms with Crippen molar-refractivity contribution in [3.05, 3.63) is 15.9 Å². The summed E-state index contributed by atoms with van der Waals surface area (Å²) in [6.45, 7) is 4.89. The number of rotatable bonds is 3. The molecule has 2 saturated heterocycles. The maximum atomic E-state index is 12.5. The quantitative estimate of drug-likeness (QED) is 0.860. The van der Waals surface area contributed by atoms with Crippen molar-refractivity contribution >= 4 is 37.3 Å². The van der Waals surface area contributed by atoms with E-state index in [-0.39, 0.29) is 0 Å². The summed E-state index contributed by atoms with van der Waals surface area (Å²) in [5, 5.41) is 5.05. The van der Waals surface area contributed by atoms with Gasteiger partial charge in [-0.15, -0.1) is 11.3 Å². The average Bonchev–Trinajstić information content (AvgIpc) is 2.75. The largest absolute Gasteiger partial charge is 0.314 e. The zero-order valence-electron chi connectivity index (χ0n) is 10.4. The molecule has 0 spiro atoms. The first-order valence-corrected chi connectivity index (χ1v) is 9.38. The molecule has 0 atom stereocenters. The Morgan fingerprint density at radius 2 is 1.95 bits per heavy atom. The standard InChI is InChI=1S/C11H16BrN3O2S2/c12-10-1-6-18-11(10)19(16,17)15-4-2-14(3-5-15)9-7-13-8-9/h1,6,9,13H,2-5,7-8H2. The summed E-state index contributed by atoms with van der Waals surface area (Å²) in [7, 11) is -3.32. The average molecular weight is 366 g/mol. The van der Waals surface area contributed by atoms with E-state index in [1.807, 2.05) is 0 Å². The van der Waals surface area contributed by atoms with Gasteiger partial charge in [0.15, 0.2) is 0 Å². The number of halogens is 1. The molecule has 3 rings (SSSR count). The Labute approximate surface area is 125 Å². The molecule has 3 heterocycles. The Morgan fingerprint density at radius 3 is 2.42 bits per heavy atom. The van der Waals surface area contributed by atoms with Gasteiger partial charge in [-0.1, -0.05) is 0 Å². The van der Waals surface area contributed by atoms with Crippen molar-refractivity contribution in [2.45, 2.75) is 10.3 Å². The summed E-state index contributed by atoms with van der Waals surface area (Å²) in [5.41, 5.74) is 0. The van der Waals surface area contributed by atoms with Crippen LogP contribution in [0.1, 0.15) is 0 Å². The van der Waals surface area contributed by atoms with Gasteiger partial charge >= 0.3 is 0 Å². The normalized spacial score (nSPS) is 23.4. The molecule has 2 aliphatic heterocycles. The summed E-state index contributed by atoms with van der Waals surface area (Å²) in [6.07, 6.45) is 0. The predicted molar refractivity (Wildman–Crippen MR) is 79.0 cm³/mol. The third-order valence-electron chi connectivity index (χ3n) is 3.71. The molecule has 0 bridgehead atoms. The number of nitrogens with one attached hydrogen (secondary N) is 1. The number of piperazine rings is 1. The van der Waals surface area contributed by atoms with E-state index in [0.29, 0.717) is 27.8 Å². The van der Waals surface area contributed by atoms with Crippen molar-refractivity contribution in [2.75, 3.05) is 39.3 Å². The van der Waals surface area contributed by atoms with Crippen LogP contribution >= 0.6 is 27.3 Å². The van der Waals surface area contributed by atoms with Crippen molar-refractivity contribution in [1.29, 1.82) is 0 Å². The zero-order valence-corrected chi connectivity index (χ0v) is 13.6. The molecule has 19 heavy (non-hydrogen) atoms. The Morgan fingerprint density at radius 1 is 1.26 bits per heavy atom. The number of nitrogens with zero attached hydrogens (tertiary/aromatic N) is 2. The minimum Gasteiger partial charge on any atom is -0.314 e. The van der Waals surface area contributed by atoms with Crippen LogP contribution in [0.25, 0.3) is 0 Å². The molecule has 0 aliphatic carbocycles. The van der Waals surface area contributed by atoms with Crippen molar-refractivity contribution < 1.29 is 8.42 Å². The number of hydrogen-bond acceptors (Lipinski definition) is 5. The van der Waals surface area contributed by atoms with E-state index in [1.165, 1.54) is 11.3 Å². The zero-order chi connectivity index (χ0) is 13.5. The van der Waals surface area contributed by atoms with E-state index in [1.54, 1.807) is 15.8 Å². The van der Waals surface area contributed by atoms with Gasteiger partial charge in [0.25, 0.3) is 10.0 Å². The molecule has 0 radical (unpaired) electrons. The predicted octanol–water partition coefficient (Wildman–Crippen LogP) is 0.789. The monoisotopic (exact) mass is 365 g/mol. The molecule has 2 aliphatic rings. The van der Waals surface area contributed by atoms with E-state index < -0.39 is 10.0 Å². The van der Waals surface area contributed by atoms with Crippen LogP contribution in [0.15, 0.2) is 20.1 Å². The van der Waals surface area contributed by atoms with Crippen LogP contribution in [-0.2, 0) is 10.0 Å². The summed E-state index contributed by atoms with van der Waals surface area (Å²) in [4.78, 5) is 2.38. The molecule has 2 fully saturated rings. The van der Waals surface area contributed by atoms with Gasteiger partial charge in [-0.3, -0.25) is 4.90 Å². The van der Waals surface area contributed by atoms with Gasteiger partial charge < -0.3 is 5.32 Å². The van der Waals surface area contributed by atoms with Crippen LogP contribution in [0, 0.1) is 0 Å². The van der Waals surface area contributed by atoms with Crippen LogP contribution in [0.3, 0.4) is 0 Å². The molecule has 106 valence electrons. The highest BCUT2D eigenvalue weighted by Crippen LogP contribution is 2.30. The Bertz CT molecular complexity index is 548. The molecule has 1 aromatic rings. The minimum atomic E-state index is -3.32. The van der Waals surface area contributed by atoms with E-state index >= 15 is 0 Å². The van der Waals surface area contributed by atoms with Gasteiger partial charge in [0.2, 0.25) is 0 Å². The van der Waals surface area contributed by atoms with Gasteiger partial charge in [0.1, 0.15) is 4.21 Å². The fraction of sp³-hybridized carbons (Fsp3) is 0.636. The van der Waals surface area contributed by atoms with Gasteiger partial charge in [-0.25, -0.2) is 8.42 Å². The minimum absolute atomic E-state index is 0.422. The summed E-state index contributed by atoms with van der Waals surface area (Å²) >= 11 is 4.58. The van der Waals surface area contributed by atoms with Crippen LogP contribution < -0.4 is 5.32 Å². The van der Waals surface area contributed by atoms with Crippen molar-refractivity contribution in [3.8, 4) is 0 Å². The van der Waals surface area contributed by atoms with Crippen molar-refractivity contribution in [3.63, 3.8) is 0 Å². The maximum Gasteiger partial charge on any atom is 0.253 e. The molecule has 0 saturated carbocycles. The van der Waals surface area contributed by atoms with Crippen molar-refractivity contribution in [2.24, 2.45) is 0 Å². The third kappa shape index (κ3) is 2.62. The smallest absolute Gasteiger partial charge is 0.253 e. The fourth-order valence-electron chi connectivity index (χ4n) is 2.42. The Kier molecular flexibility index (Phi) is 3.98. The highest BCUT2D eigenvalue weighted by atomic mass is 79.9. The third-order valence-corrected chi connectivity index (χ3v) is 8.25. The van der Waals surface area contributed by atoms with Gasteiger partial charge in [-0.2, -0.15) is 4.31 Å². The maximum absolute atomic E-state index is 12.5. The highest BCUT2D eigenvalue weighted by molar-refractivity contribution is 9.10. The second-order valence-corrected chi connectivity index (χ2v) is 8.71. The highest BCUT2D eigenvalue weighted by Gasteiger charge is 2.34. The molecule has 0 amide bonds.